The maximum Gasteiger partial charge on any atom is 0.228 e. The Kier molecular flexibility index (Phi) is 6.19. The topological polar surface area (TPSA) is 46.2 Å². The molecule has 0 aromatic heterocycles. The van der Waals surface area contributed by atoms with Crippen LogP contribution in [-0.4, -0.2) is 11.7 Å². The second kappa shape index (κ2) is 8.62. The first-order chi connectivity index (χ1) is 13.7. The molecule has 0 radical (unpaired) electrons. The molecule has 0 atom stereocenters. The summed E-state index contributed by atoms with van der Waals surface area (Å²) in [5, 5.41) is 3.40. The molecule has 3 rings (SSSR count). The number of hydrogen-bond acceptors (Lipinski definition) is 2. The van der Waals surface area contributed by atoms with E-state index in [-0.39, 0.29) is 23.5 Å². The van der Waals surface area contributed by atoms with Gasteiger partial charge in [0.15, 0.2) is 5.78 Å². The number of carbonyl (C=O) groups excluding carboxylic acids is 2. The van der Waals surface area contributed by atoms with E-state index in [4.69, 9.17) is 11.6 Å². The fourth-order valence-electron chi connectivity index (χ4n) is 3.05. The Morgan fingerprint density at radius 3 is 2.21 bits per heavy atom. The van der Waals surface area contributed by atoms with Gasteiger partial charge in [-0.05, 0) is 34.7 Å². The summed E-state index contributed by atoms with van der Waals surface area (Å²) >= 11 is 6.12. The highest BCUT2D eigenvalue weighted by atomic mass is 35.5. The summed E-state index contributed by atoms with van der Waals surface area (Å²) in [4.78, 5) is 25.2. The molecule has 1 amide bonds. The molecular formula is C25H24ClNO2. The summed E-state index contributed by atoms with van der Waals surface area (Å²) in [7, 11) is 0. The molecule has 0 spiro atoms. The Morgan fingerprint density at radius 2 is 1.55 bits per heavy atom. The lowest BCUT2D eigenvalue weighted by Crippen LogP contribution is -2.15. The molecule has 0 aliphatic rings. The molecule has 1 N–H and O–H groups in total. The third-order valence-corrected chi connectivity index (χ3v) is 5.10. The van der Waals surface area contributed by atoms with Crippen molar-refractivity contribution in [1.29, 1.82) is 0 Å². The SMILES string of the molecule is CC(C)(C)c1ccc(C(=O)c2cccc(NC(=O)Cc3ccccc3Cl)c2)cc1. The quantitative estimate of drug-likeness (QED) is 0.525. The van der Waals surface area contributed by atoms with Gasteiger partial charge in [0.2, 0.25) is 5.91 Å². The molecule has 3 aromatic rings. The fourth-order valence-corrected chi connectivity index (χ4v) is 3.25. The van der Waals surface area contributed by atoms with E-state index in [1.807, 2.05) is 42.5 Å². The normalized spacial score (nSPS) is 11.2. The van der Waals surface area contributed by atoms with Crippen LogP contribution in [0.15, 0.2) is 72.8 Å². The molecule has 0 aliphatic heterocycles. The van der Waals surface area contributed by atoms with Crippen LogP contribution in [0, 0.1) is 0 Å². The molecule has 29 heavy (non-hydrogen) atoms. The zero-order chi connectivity index (χ0) is 21.0. The van der Waals surface area contributed by atoms with Crippen LogP contribution in [0.25, 0.3) is 0 Å². The Labute approximate surface area is 176 Å². The van der Waals surface area contributed by atoms with Gasteiger partial charge in [0.25, 0.3) is 0 Å². The first-order valence-electron chi connectivity index (χ1n) is 9.52. The molecule has 0 heterocycles. The van der Waals surface area contributed by atoms with Gasteiger partial charge in [0, 0.05) is 21.8 Å². The van der Waals surface area contributed by atoms with Crippen molar-refractivity contribution >= 4 is 29.0 Å². The van der Waals surface area contributed by atoms with E-state index in [1.165, 1.54) is 5.56 Å². The van der Waals surface area contributed by atoms with E-state index in [0.29, 0.717) is 21.8 Å². The molecule has 0 aliphatic carbocycles. The predicted octanol–water partition coefficient (Wildman–Crippen LogP) is 6.05. The second-order valence-electron chi connectivity index (χ2n) is 8.05. The van der Waals surface area contributed by atoms with Crippen LogP contribution in [0.1, 0.15) is 47.8 Å². The van der Waals surface area contributed by atoms with Crippen molar-refractivity contribution in [2.75, 3.05) is 5.32 Å². The Morgan fingerprint density at radius 1 is 0.862 bits per heavy atom. The number of benzene rings is 3. The largest absolute Gasteiger partial charge is 0.326 e. The molecular weight excluding hydrogens is 382 g/mol. The molecule has 0 fully saturated rings. The lowest BCUT2D eigenvalue weighted by molar-refractivity contribution is -0.115. The summed E-state index contributed by atoms with van der Waals surface area (Å²) < 4.78 is 0. The zero-order valence-electron chi connectivity index (χ0n) is 16.8. The number of amides is 1. The highest BCUT2D eigenvalue weighted by Crippen LogP contribution is 2.23. The summed E-state index contributed by atoms with van der Waals surface area (Å²) in [6.45, 7) is 6.41. The number of nitrogens with one attached hydrogen (secondary N) is 1. The van der Waals surface area contributed by atoms with Crippen molar-refractivity contribution in [2.24, 2.45) is 0 Å². The van der Waals surface area contributed by atoms with E-state index >= 15 is 0 Å². The molecule has 0 bridgehead atoms. The number of rotatable bonds is 5. The lowest BCUT2D eigenvalue weighted by Gasteiger charge is -2.19. The van der Waals surface area contributed by atoms with Gasteiger partial charge in [-0.2, -0.15) is 0 Å². The van der Waals surface area contributed by atoms with Gasteiger partial charge in [-0.3, -0.25) is 9.59 Å². The van der Waals surface area contributed by atoms with Gasteiger partial charge < -0.3 is 5.32 Å². The van der Waals surface area contributed by atoms with Gasteiger partial charge in [-0.1, -0.05) is 87.0 Å². The Balaban J connectivity index is 1.72. The first kappa shape index (κ1) is 20.8. The van der Waals surface area contributed by atoms with Crippen LogP contribution in [0.2, 0.25) is 5.02 Å². The molecule has 3 nitrogen and oxygen atoms in total. The minimum atomic E-state index is -0.183. The van der Waals surface area contributed by atoms with E-state index < -0.39 is 0 Å². The lowest BCUT2D eigenvalue weighted by atomic mass is 9.86. The van der Waals surface area contributed by atoms with E-state index in [0.717, 1.165) is 5.56 Å². The standard InChI is InChI=1S/C25H24ClNO2/c1-25(2,3)20-13-11-17(12-14-20)24(29)19-8-6-9-21(15-19)27-23(28)16-18-7-4-5-10-22(18)26/h4-15H,16H2,1-3H3,(H,27,28). The van der Waals surface area contributed by atoms with E-state index in [1.54, 1.807) is 30.3 Å². The third kappa shape index (κ3) is 5.33. The fraction of sp³-hybridized carbons (Fsp3) is 0.200. The van der Waals surface area contributed by atoms with Crippen LogP contribution >= 0.6 is 11.6 Å². The minimum absolute atomic E-state index is 0.0351. The monoisotopic (exact) mass is 405 g/mol. The van der Waals surface area contributed by atoms with Crippen LogP contribution in [0.5, 0.6) is 0 Å². The summed E-state index contributed by atoms with van der Waals surface area (Å²) in [6, 6.07) is 21.9. The smallest absolute Gasteiger partial charge is 0.228 e. The van der Waals surface area contributed by atoms with Crippen LogP contribution < -0.4 is 5.32 Å². The molecule has 0 saturated heterocycles. The average molecular weight is 406 g/mol. The van der Waals surface area contributed by atoms with Crippen LogP contribution in [-0.2, 0) is 16.6 Å². The highest BCUT2D eigenvalue weighted by Gasteiger charge is 2.15. The minimum Gasteiger partial charge on any atom is -0.326 e. The average Bonchev–Trinajstić information content (AvgIpc) is 2.69. The molecule has 0 saturated carbocycles. The van der Waals surface area contributed by atoms with Crippen molar-refractivity contribution in [1.82, 2.24) is 0 Å². The molecule has 0 unspecified atom stereocenters. The van der Waals surface area contributed by atoms with Crippen LogP contribution in [0.4, 0.5) is 5.69 Å². The van der Waals surface area contributed by atoms with E-state index in [2.05, 4.69) is 26.1 Å². The number of carbonyl (C=O) groups is 2. The zero-order valence-corrected chi connectivity index (χ0v) is 17.6. The van der Waals surface area contributed by atoms with Crippen molar-refractivity contribution in [3.63, 3.8) is 0 Å². The number of hydrogen-bond donors (Lipinski definition) is 1. The van der Waals surface area contributed by atoms with E-state index in [9.17, 15) is 9.59 Å². The number of ketones is 1. The van der Waals surface area contributed by atoms with Crippen molar-refractivity contribution < 1.29 is 9.59 Å². The summed E-state index contributed by atoms with van der Waals surface area (Å²) in [5.41, 5.74) is 3.71. The van der Waals surface area contributed by atoms with Crippen molar-refractivity contribution in [3.8, 4) is 0 Å². The molecule has 148 valence electrons. The van der Waals surface area contributed by atoms with Gasteiger partial charge in [-0.15, -0.1) is 0 Å². The van der Waals surface area contributed by atoms with Gasteiger partial charge in [0.05, 0.1) is 6.42 Å². The maximum absolute atomic E-state index is 12.9. The third-order valence-electron chi connectivity index (χ3n) is 4.73. The second-order valence-corrected chi connectivity index (χ2v) is 8.46. The number of halogens is 1. The van der Waals surface area contributed by atoms with Gasteiger partial charge >= 0.3 is 0 Å². The van der Waals surface area contributed by atoms with Gasteiger partial charge in [-0.25, -0.2) is 0 Å². The first-order valence-corrected chi connectivity index (χ1v) is 9.90. The summed E-state index contributed by atoms with van der Waals surface area (Å²) in [5.74, 6) is -0.259. The van der Waals surface area contributed by atoms with Crippen molar-refractivity contribution in [2.45, 2.75) is 32.6 Å². The Bertz CT molecular complexity index is 1030. The Hall–Kier alpha value is -2.91. The van der Waals surface area contributed by atoms with Gasteiger partial charge in [0.1, 0.15) is 0 Å². The van der Waals surface area contributed by atoms with Crippen LogP contribution in [0.3, 0.4) is 0 Å². The molecule has 4 heteroatoms. The highest BCUT2D eigenvalue weighted by molar-refractivity contribution is 6.31. The predicted molar refractivity (Wildman–Crippen MR) is 119 cm³/mol. The maximum atomic E-state index is 12.9. The summed E-state index contributed by atoms with van der Waals surface area (Å²) in [6.07, 6.45) is 0.173. The number of anilines is 1. The molecule has 3 aromatic carbocycles. The van der Waals surface area contributed by atoms with Crippen molar-refractivity contribution in [3.05, 3.63) is 100 Å².